The number of nitrogens with one attached hydrogen (secondary N) is 1. The van der Waals surface area contributed by atoms with Gasteiger partial charge >= 0.3 is 5.97 Å². The van der Waals surface area contributed by atoms with Gasteiger partial charge in [0.2, 0.25) is 5.91 Å². The van der Waals surface area contributed by atoms with Crippen molar-refractivity contribution in [1.29, 1.82) is 0 Å². The molecule has 3 aromatic rings. The minimum absolute atomic E-state index is 0.217. The molecular formula is C20H21FN2O3S. The molecule has 1 N–H and O–H groups in total. The number of benzene rings is 1. The molecule has 0 spiro atoms. The van der Waals surface area contributed by atoms with Crippen molar-refractivity contribution in [3.8, 4) is 0 Å². The summed E-state index contributed by atoms with van der Waals surface area (Å²) < 4.78 is 20.7. The van der Waals surface area contributed by atoms with E-state index in [4.69, 9.17) is 4.74 Å². The summed E-state index contributed by atoms with van der Waals surface area (Å²) in [4.78, 5) is 26.5. The van der Waals surface area contributed by atoms with E-state index in [1.54, 1.807) is 23.6 Å². The summed E-state index contributed by atoms with van der Waals surface area (Å²) in [7, 11) is 0. The van der Waals surface area contributed by atoms with E-state index in [-0.39, 0.29) is 24.0 Å². The van der Waals surface area contributed by atoms with Crippen molar-refractivity contribution in [1.82, 2.24) is 4.57 Å². The standard InChI is InChI=1S/C20H21FN2O3S/c1-5-26-20(25)18-17(22-13(4)24)16-11(2)12(3)27-19(16)23(18)10-14-7-6-8-15(21)9-14/h6-9H,5,10H2,1-4H3,(H,22,24). The quantitative estimate of drug-likeness (QED) is 0.648. The SMILES string of the molecule is CCOC(=O)c1c(NC(C)=O)c2c(C)c(C)sc2n1Cc1cccc(F)c1. The van der Waals surface area contributed by atoms with Gasteiger partial charge in [0.1, 0.15) is 10.6 Å². The van der Waals surface area contributed by atoms with Gasteiger partial charge in [0.15, 0.2) is 5.69 Å². The van der Waals surface area contributed by atoms with Gasteiger partial charge in [-0.2, -0.15) is 0 Å². The van der Waals surface area contributed by atoms with E-state index in [0.717, 1.165) is 26.2 Å². The molecule has 0 aliphatic carbocycles. The smallest absolute Gasteiger partial charge is 0.357 e. The number of halogens is 1. The molecule has 0 aliphatic rings. The number of esters is 1. The minimum Gasteiger partial charge on any atom is -0.461 e. The Morgan fingerprint density at radius 2 is 2.04 bits per heavy atom. The average Bonchev–Trinajstić information content (AvgIpc) is 3.03. The first-order valence-corrected chi connectivity index (χ1v) is 9.46. The Labute approximate surface area is 160 Å². The Bertz CT molecular complexity index is 1040. The van der Waals surface area contributed by atoms with Gasteiger partial charge in [-0.3, -0.25) is 4.79 Å². The van der Waals surface area contributed by atoms with Crippen LogP contribution in [-0.2, 0) is 16.1 Å². The van der Waals surface area contributed by atoms with E-state index < -0.39 is 5.97 Å². The number of carbonyl (C=O) groups excluding carboxylic acids is 2. The number of thiophene rings is 1. The summed E-state index contributed by atoms with van der Waals surface area (Å²) in [5, 5.41) is 3.63. The highest BCUT2D eigenvalue weighted by Gasteiger charge is 2.28. The fourth-order valence-electron chi connectivity index (χ4n) is 3.13. The lowest BCUT2D eigenvalue weighted by molar-refractivity contribution is -0.114. The monoisotopic (exact) mass is 388 g/mol. The highest BCUT2D eigenvalue weighted by atomic mass is 32.1. The normalized spacial score (nSPS) is 11.0. The van der Waals surface area contributed by atoms with Crippen LogP contribution < -0.4 is 5.32 Å². The maximum Gasteiger partial charge on any atom is 0.357 e. The number of hydrogen-bond donors (Lipinski definition) is 1. The zero-order valence-corrected chi connectivity index (χ0v) is 16.5. The lowest BCUT2D eigenvalue weighted by atomic mass is 10.2. The Morgan fingerprint density at radius 3 is 2.67 bits per heavy atom. The first kappa shape index (κ1) is 19.1. The molecule has 3 rings (SSSR count). The van der Waals surface area contributed by atoms with Crippen LogP contribution in [0.2, 0.25) is 0 Å². The van der Waals surface area contributed by atoms with Crippen LogP contribution in [-0.4, -0.2) is 23.1 Å². The maximum absolute atomic E-state index is 13.7. The third-order valence-corrected chi connectivity index (χ3v) is 5.60. The molecule has 2 aromatic heterocycles. The second-order valence-corrected chi connectivity index (χ2v) is 7.51. The summed E-state index contributed by atoms with van der Waals surface area (Å²) >= 11 is 1.54. The Morgan fingerprint density at radius 1 is 1.30 bits per heavy atom. The second-order valence-electron chi connectivity index (χ2n) is 6.30. The highest BCUT2D eigenvalue weighted by Crippen LogP contribution is 2.41. The topological polar surface area (TPSA) is 60.3 Å². The van der Waals surface area contributed by atoms with E-state index in [9.17, 15) is 14.0 Å². The van der Waals surface area contributed by atoms with Gasteiger partial charge in [0.25, 0.3) is 0 Å². The van der Waals surface area contributed by atoms with Crippen LogP contribution in [0.1, 0.15) is 40.3 Å². The van der Waals surface area contributed by atoms with Crippen LogP contribution in [0, 0.1) is 19.7 Å². The van der Waals surface area contributed by atoms with E-state index in [1.807, 2.05) is 13.8 Å². The molecule has 1 amide bonds. The van der Waals surface area contributed by atoms with Crippen LogP contribution >= 0.6 is 11.3 Å². The number of carbonyl (C=O) groups is 2. The number of nitrogens with zero attached hydrogens (tertiary/aromatic N) is 1. The van der Waals surface area contributed by atoms with E-state index in [2.05, 4.69) is 5.32 Å². The fraction of sp³-hybridized carbons (Fsp3) is 0.300. The summed E-state index contributed by atoms with van der Waals surface area (Å²) in [6, 6.07) is 6.25. The van der Waals surface area contributed by atoms with Crippen molar-refractivity contribution in [3.05, 3.63) is 51.8 Å². The minimum atomic E-state index is -0.516. The predicted octanol–water partition coefficient (Wildman–Crippen LogP) is 4.64. The zero-order chi connectivity index (χ0) is 19.7. The molecule has 5 nitrogen and oxygen atoms in total. The van der Waals surface area contributed by atoms with Crippen molar-refractivity contribution in [3.63, 3.8) is 0 Å². The molecular weight excluding hydrogens is 367 g/mol. The lowest BCUT2D eigenvalue weighted by Gasteiger charge is -2.12. The molecule has 27 heavy (non-hydrogen) atoms. The number of aromatic nitrogens is 1. The van der Waals surface area contributed by atoms with Crippen LogP contribution in [0.15, 0.2) is 24.3 Å². The predicted molar refractivity (Wildman–Crippen MR) is 105 cm³/mol. The molecule has 0 unspecified atom stereocenters. The van der Waals surface area contributed by atoms with E-state index in [1.165, 1.54) is 30.4 Å². The van der Waals surface area contributed by atoms with Crippen LogP contribution in [0.3, 0.4) is 0 Å². The number of hydrogen-bond acceptors (Lipinski definition) is 4. The summed E-state index contributed by atoms with van der Waals surface area (Å²) in [5.74, 6) is -1.12. The van der Waals surface area contributed by atoms with Crippen LogP contribution in [0.5, 0.6) is 0 Å². The molecule has 142 valence electrons. The molecule has 1 aromatic carbocycles. The van der Waals surface area contributed by atoms with Gasteiger partial charge in [0.05, 0.1) is 12.3 Å². The molecule has 0 saturated heterocycles. The lowest BCUT2D eigenvalue weighted by Crippen LogP contribution is -2.17. The summed E-state index contributed by atoms with van der Waals surface area (Å²) in [5.41, 5.74) is 2.45. The number of fused-ring (bicyclic) bond motifs is 1. The summed E-state index contributed by atoms with van der Waals surface area (Å²) in [6.07, 6.45) is 0. The number of ether oxygens (including phenoxy) is 1. The zero-order valence-electron chi connectivity index (χ0n) is 15.7. The molecule has 0 fully saturated rings. The van der Waals surface area contributed by atoms with Crippen molar-refractivity contribution >= 4 is 39.1 Å². The molecule has 0 aliphatic heterocycles. The van der Waals surface area contributed by atoms with Crippen LogP contribution in [0.4, 0.5) is 10.1 Å². The van der Waals surface area contributed by atoms with E-state index >= 15 is 0 Å². The molecule has 0 saturated carbocycles. The first-order valence-electron chi connectivity index (χ1n) is 8.64. The third kappa shape index (κ3) is 3.60. The Hall–Kier alpha value is -2.67. The number of amides is 1. The Kier molecular flexibility index (Phi) is 5.32. The van der Waals surface area contributed by atoms with Gasteiger partial charge in [-0.15, -0.1) is 11.3 Å². The Balaban J connectivity index is 2.28. The van der Waals surface area contributed by atoms with Gasteiger partial charge in [0, 0.05) is 23.7 Å². The van der Waals surface area contributed by atoms with Crippen molar-refractivity contribution in [2.45, 2.75) is 34.2 Å². The summed E-state index contributed by atoms with van der Waals surface area (Å²) in [6.45, 7) is 7.60. The molecule has 0 radical (unpaired) electrons. The highest BCUT2D eigenvalue weighted by molar-refractivity contribution is 7.19. The van der Waals surface area contributed by atoms with Crippen molar-refractivity contribution in [2.75, 3.05) is 11.9 Å². The second kappa shape index (κ2) is 7.52. The first-order chi connectivity index (χ1) is 12.8. The fourth-order valence-corrected chi connectivity index (χ4v) is 4.30. The number of aryl methyl sites for hydroxylation is 2. The van der Waals surface area contributed by atoms with Crippen molar-refractivity contribution in [2.24, 2.45) is 0 Å². The van der Waals surface area contributed by atoms with Gasteiger partial charge in [-0.05, 0) is 44.0 Å². The average molecular weight is 388 g/mol. The third-order valence-electron chi connectivity index (χ3n) is 4.37. The largest absolute Gasteiger partial charge is 0.461 e. The van der Waals surface area contributed by atoms with Gasteiger partial charge in [-0.1, -0.05) is 12.1 Å². The molecule has 7 heteroatoms. The van der Waals surface area contributed by atoms with E-state index in [0.29, 0.717) is 12.2 Å². The van der Waals surface area contributed by atoms with Gasteiger partial charge in [-0.25, -0.2) is 9.18 Å². The van der Waals surface area contributed by atoms with Crippen LogP contribution in [0.25, 0.3) is 10.2 Å². The molecule has 2 heterocycles. The molecule has 0 atom stereocenters. The van der Waals surface area contributed by atoms with Crippen molar-refractivity contribution < 1.29 is 18.7 Å². The molecule has 0 bridgehead atoms. The number of anilines is 1. The van der Waals surface area contributed by atoms with Gasteiger partial charge < -0.3 is 14.6 Å². The number of rotatable bonds is 5. The maximum atomic E-state index is 13.7.